The number of fused-ring (bicyclic) bond motifs is 1. The first-order valence-electron chi connectivity index (χ1n) is 10.8. The Kier molecular flexibility index (Phi) is 10.6. The molecule has 192 valence electrons. The number of aromatic nitrogens is 3. The van der Waals surface area contributed by atoms with E-state index in [0.717, 1.165) is 12.6 Å². The van der Waals surface area contributed by atoms with E-state index in [1.807, 2.05) is 0 Å². The van der Waals surface area contributed by atoms with Gasteiger partial charge in [0.2, 0.25) is 0 Å². The molecule has 8 nitrogen and oxygen atoms in total. The van der Waals surface area contributed by atoms with Crippen LogP contribution >= 0.6 is 12.2 Å². The number of rotatable bonds is 4. The second-order valence-electron chi connectivity index (χ2n) is 7.39. The molecule has 36 heavy (non-hydrogen) atoms. The van der Waals surface area contributed by atoms with Crippen LogP contribution in [0, 0.1) is 4.77 Å². The summed E-state index contributed by atoms with van der Waals surface area (Å²) >= 11 is 4.75. The molecule has 1 aliphatic heterocycles. The molecule has 0 atom stereocenters. The number of halogens is 3. The van der Waals surface area contributed by atoms with Crippen LogP contribution in [0.2, 0.25) is 0 Å². The zero-order valence-electron chi connectivity index (χ0n) is 19.3. The van der Waals surface area contributed by atoms with E-state index in [0.29, 0.717) is 12.2 Å². The summed E-state index contributed by atoms with van der Waals surface area (Å²) in [6.45, 7) is 5.71. The molecule has 4 rings (SSSR count). The molecule has 12 heteroatoms. The first kappa shape index (κ1) is 28.5. The normalized spacial score (nSPS) is 13.8. The van der Waals surface area contributed by atoms with Crippen LogP contribution in [0.1, 0.15) is 24.5 Å². The Morgan fingerprint density at radius 2 is 1.75 bits per heavy atom. The molecule has 3 N–H and O–H groups in total. The Morgan fingerprint density at radius 3 is 2.25 bits per heavy atom. The summed E-state index contributed by atoms with van der Waals surface area (Å²) < 4.78 is 38.6. The van der Waals surface area contributed by atoms with Crippen LogP contribution in [0.5, 0.6) is 0 Å². The van der Waals surface area contributed by atoms with Gasteiger partial charge in [0.25, 0.3) is 0 Å². The van der Waals surface area contributed by atoms with Gasteiger partial charge < -0.3 is 10.2 Å². The lowest BCUT2D eigenvalue weighted by Crippen LogP contribution is -2.27. The fourth-order valence-corrected chi connectivity index (χ4v) is 3.40. The van der Waals surface area contributed by atoms with Crippen molar-refractivity contribution in [2.24, 2.45) is 0 Å². The van der Waals surface area contributed by atoms with Crippen molar-refractivity contribution in [1.82, 2.24) is 19.5 Å². The van der Waals surface area contributed by atoms with E-state index in [1.165, 1.54) is 47.3 Å². The molecule has 1 aromatic carbocycles. The third-order valence-electron chi connectivity index (χ3n) is 5.00. The number of H-pyrrole nitrogens is 1. The summed E-state index contributed by atoms with van der Waals surface area (Å²) in [5.74, 6) is -2.51. The van der Waals surface area contributed by atoms with Gasteiger partial charge in [-0.25, -0.2) is 9.59 Å². The Hall–Kier alpha value is -3.77. The monoisotopic (exact) mass is 522 g/mol. The van der Waals surface area contributed by atoms with E-state index >= 15 is 0 Å². The molecule has 0 aliphatic carbocycles. The standard InChI is InChI=1S/C13H17N.C7H4F3N3S.C4H4O4/c1-2-14-10-8-13(9-11-14)12-6-4-3-5-7-12;8-7(9,10)4-2-1-3-13-5(4)11-12-6(13)14;5-3(6)1-2-4(7)8/h3-8H,2,9-11H2,1H3;1-3H,(H,12,14);1-2H,(H,5,6)(H,7,8). The predicted molar refractivity (Wildman–Crippen MR) is 131 cm³/mol. The fourth-order valence-electron chi connectivity index (χ4n) is 3.21. The SMILES string of the molecule is CCN1CC=C(c2ccccc2)CC1.FC(F)(F)c1cccn2c(=S)[nH]nc12.O=C(O)C=CC(=O)O. The minimum atomic E-state index is -4.41. The molecular weight excluding hydrogens is 497 g/mol. The highest BCUT2D eigenvalue weighted by Crippen LogP contribution is 2.31. The van der Waals surface area contributed by atoms with E-state index in [2.05, 4.69) is 58.4 Å². The highest BCUT2D eigenvalue weighted by atomic mass is 32.1. The molecule has 0 spiro atoms. The van der Waals surface area contributed by atoms with Gasteiger partial charge in [-0.2, -0.15) is 18.3 Å². The number of alkyl halides is 3. The van der Waals surface area contributed by atoms with Gasteiger partial charge in [0.15, 0.2) is 10.4 Å². The van der Waals surface area contributed by atoms with Gasteiger partial charge in [-0.15, -0.1) is 0 Å². The van der Waals surface area contributed by atoms with Crippen LogP contribution in [0.3, 0.4) is 0 Å². The van der Waals surface area contributed by atoms with Crippen LogP contribution in [-0.4, -0.2) is 61.3 Å². The maximum atomic E-state index is 12.4. The Labute approximate surface area is 210 Å². The number of pyridine rings is 1. The van der Waals surface area contributed by atoms with E-state index in [-0.39, 0.29) is 10.4 Å². The topological polar surface area (TPSA) is 111 Å². The predicted octanol–water partition coefficient (Wildman–Crippen LogP) is 4.92. The first-order chi connectivity index (χ1) is 17.0. The van der Waals surface area contributed by atoms with Gasteiger partial charge >= 0.3 is 18.1 Å². The summed E-state index contributed by atoms with van der Waals surface area (Å²) in [7, 11) is 0. The molecule has 1 aliphatic rings. The van der Waals surface area contributed by atoms with Crippen molar-refractivity contribution in [3.8, 4) is 0 Å². The molecule has 0 saturated carbocycles. The third kappa shape index (κ3) is 8.78. The van der Waals surface area contributed by atoms with Crippen LogP contribution < -0.4 is 0 Å². The van der Waals surface area contributed by atoms with Crippen molar-refractivity contribution in [3.63, 3.8) is 0 Å². The summed E-state index contributed by atoms with van der Waals surface area (Å²) in [6, 6.07) is 12.9. The van der Waals surface area contributed by atoms with Crippen molar-refractivity contribution in [2.75, 3.05) is 19.6 Å². The quantitative estimate of drug-likeness (QED) is 0.330. The minimum absolute atomic E-state index is 0.145. The average molecular weight is 523 g/mol. The Bertz CT molecular complexity index is 1270. The van der Waals surface area contributed by atoms with Gasteiger partial charge in [0.1, 0.15) is 5.56 Å². The third-order valence-corrected chi connectivity index (χ3v) is 5.29. The van der Waals surface area contributed by atoms with E-state index in [1.54, 1.807) is 0 Å². The molecule has 3 heterocycles. The molecule has 0 unspecified atom stereocenters. The van der Waals surface area contributed by atoms with Gasteiger partial charge in [-0.3, -0.25) is 14.4 Å². The van der Waals surface area contributed by atoms with Gasteiger partial charge in [0, 0.05) is 31.4 Å². The lowest BCUT2D eigenvalue weighted by atomic mass is 10.00. The number of nitrogens with zero attached hydrogens (tertiary/aromatic N) is 3. The zero-order chi connectivity index (χ0) is 26.7. The number of aromatic amines is 1. The summed E-state index contributed by atoms with van der Waals surface area (Å²) in [5.41, 5.74) is 1.90. The number of carboxylic acids is 2. The molecule has 0 saturated heterocycles. The maximum Gasteiger partial charge on any atom is 0.420 e. The number of nitrogens with one attached hydrogen (secondary N) is 1. The molecular formula is C24H25F3N4O4S. The highest BCUT2D eigenvalue weighted by molar-refractivity contribution is 7.71. The van der Waals surface area contributed by atoms with Crippen LogP contribution in [0.15, 0.2) is 66.9 Å². The first-order valence-corrected chi connectivity index (χ1v) is 11.2. The second-order valence-corrected chi connectivity index (χ2v) is 7.78. The van der Waals surface area contributed by atoms with E-state index < -0.39 is 23.7 Å². The molecule has 0 amide bonds. The number of carboxylic acid groups (broad SMARTS) is 2. The van der Waals surface area contributed by atoms with E-state index in [4.69, 9.17) is 22.4 Å². The maximum absolute atomic E-state index is 12.4. The number of hydrogen-bond donors (Lipinski definition) is 3. The smallest absolute Gasteiger partial charge is 0.420 e. The van der Waals surface area contributed by atoms with Crippen molar-refractivity contribution in [2.45, 2.75) is 19.5 Å². The van der Waals surface area contributed by atoms with Gasteiger partial charge in [0.05, 0.1) is 0 Å². The molecule has 0 fully saturated rings. The summed E-state index contributed by atoms with van der Waals surface area (Å²) in [4.78, 5) is 21.6. The van der Waals surface area contributed by atoms with Crippen LogP contribution in [0.4, 0.5) is 13.2 Å². The Morgan fingerprint density at radius 1 is 1.11 bits per heavy atom. The number of benzene rings is 1. The van der Waals surface area contributed by atoms with Crippen LogP contribution in [0.25, 0.3) is 11.2 Å². The highest BCUT2D eigenvalue weighted by Gasteiger charge is 2.33. The fraction of sp³-hybridized carbons (Fsp3) is 0.250. The summed E-state index contributed by atoms with van der Waals surface area (Å²) in [6.07, 6.45) is 1.69. The number of likely N-dealkylation sites (N-methyl/N-ethyl adjacent to an activating group) is 1. The van der Waals surface area contributed by atoms with Crippen molar-refractivity contribution in [1.29, 1.82) is 0 Å². The lowest BCUT2D eigenvalue weighted by Gasteiger charge is -2.24. The number of aliphatic carboxylic acids is 2. The Balaban J connectivity index is 0.000000199. The number of carbonyl (C=O) groups is 2. The van der Waals surface area contributed by atoms with Crippen LogP contribution in [-0.2, 0) is 15.8 Å². The molecule has 0 bridgehead atoms. The van der Waals surface area contributed by atoms with Gasteiger partial charge in [-0.1, -0.05) is 43.3 Å². The summed E-state index contributed by atoms with van der Waals surface area (Å²) in [5, 5.41) is 21.4. The van der Waals surface area contributed by atoms with Crippen molar-refractivity contribution >= 4 is 35.4 Å². The zero-order valence-corrected chi connectivity index (χ0v) is 20.1. The lowest BCUT2D eigenvalue weighted by molar-refractivity contribution is -0.136. The largest absolute Gasteiger partial charge is 0.478 e. The van der Waals surface area contributed by atoms with Crippen molar-refractivity contribution in [3.05, 3.63) is 82.8 Å². The average Bonchev–Trinajstić information content (AvgIpc) is 3.24. The number of hydrogen-bond acceptors (Lipinski definition) is 5. The van der Waals surface area contributed by atoms with Crippen molar-refractivity contribution < 1.29 is 33.0 Å². The van der Waals surface area contributed by atoms with E-state index in [9.17, 15) is 22.8 Å². The molecule has 3 aromatic rings. The molecule has 2 aromatic heterocycles. The van der Waals surface area contributed by atoms with Gasteiger partial charge in [-0.05, 0) is 48.5 Å². The second kappa shape index (κ2) is 13.4. The molecule has 0 radical (unpaired) electrons. The minimum Gasteiger partial charge on any atom is -0.478 e.